The molecule has 0 heterocycles. The SMILES string of the molecule is COC(C)(C)CC(C)(C#N)NC(C)C. The number of hydrogen-bond donors (Lipinski definition) is 1. The molecule has 1 N–H and O–H groups in total. The molecule has 0 aromatic carbocycles. The summed E-state index contributed by atoms with van der Waals surface area (Å²) in [5.74, 6) is 0. The first kappa shape index (κ1) is 13.4. The number of rotatable bonds is 5. The Bertz CT molecular complexity index is 218. The topological polar surface area (TPSA) is 45.0 Å². The molecule has 0 saturated heterocycles. The van der Waals surface area contributed by atoms with E-state index < -0.39 is 5.54 Å². The Morgan fingerprint density at radius 1 is 1.36 bits per heavy atom. The second kappa shape index (κ2) is 4.77. The number of nitrogens with zero attached hydrogens (tertiary/aromatic N) is 1. The van der Waals surface area contributed by atoms with Crippen molar-refractivity contribution in [3.8, 4) is 6.07 Å². The van der Waals surface area contributed by atoms with Gasteiger partial charge in [-0.3, -0.25) is 5.32 Å². The lowest BCUT2D eigenvalue weighted by Gasteiger charge is -2.33. The van der Waals surface area contributed by atoms with E-state index in [0.29, 0.717) is 12.5 Å². The largest absolute Gasteiger partial charge is 0.379 e. The zero-order valence-corrected chi connectivity index (χ0v) is 10.1. The normalized spacial score (nSPS) is 16.4. The smallest absolute Gasteiger partial charge is 0.106 e. The van der Waals surface area contributed by atoms with E-state index in [9.17, 15) is 0 Å². The Morgan fingerprint density at radius 2 is 1.86 bits per heavy atom. The lowest BCUT2D eigenvalue weighted by atomic mass is 9.88. The van der Waals surface area contributed by atoms with Crippen molar-refractivity contribution in [2.75, 3.05) is 7.11 Å². The van der Waals surface area contributed by atoms with E-state index in [1.165, 1.54) is 0 Å². The second-order valence-electron chi connectivity index (χ2n) is 4.88. The van der Waals surface area contributed by atoms with Crippen molar-refractivity contribution < 1.29 is 4.74 Å². The van der Waals surface area contributed by atoms with Gasteiger partial charge in [-0.25, -0.2) is 0 Å². The first-order valence-electron chi connectivity index (χ1n) is 4.99. The van der Waals surface area contributed by atoms with Gasteiger partial charge in [0, 0.05) is 19.6 Å². The van der Waals surface area contributed by atoms with Crippen LogP contribution in [0.2, 0.25) is 0 Å². The van der Waals surface area contributed by atoms with Gasteiger partial charge in [0.1, 0.15) is 5.54 Å². The molecule has 0 radical (unpaired) electrons. The molecule has 0 saturated carbocycles. The highest BCUT2D eigenvalue weighted by atomic mass is 16.5. The molecule has 0 amide bonds. The summed E-state index contributed by atoms with van der Waals surface area (Å²) in [5, 5.41) is 12.4. The summed E-state index contributed by atoms with van der Waals surface area (Å²) in [6.07, 6.45) is 0.672. The molecule has 1 atom stereocenters. The van der Waals surface area contributed by atoms with E-state index in [4.69, 9.17) is 10.00 Å². The van der Waals surface area contributed by atoms with Crippen molar-refractivity contribution in [2.45, 2.75) is 58.2 Å². The van der Waals surface area contributed by atoms with E-state index in [1.807, 2.05) is 34.6 Å². The van der Waals surface area contributed by atoms with E-state index in [0.717, 1.165) is 0 Å². The van der Waals surface area contributed by atoms with Gasteiger partial charge in [0.15, 0.2) is 0 Å². The number of hydrogen-bond acceptors (Lipinski definition) is 3. The van der Waals surface area contributed by atoms with Crippen molar-refractivity contribution in [3.63, 3.8) is 0 Å². The molecule has 1 unspecified atom stereocenters. The fourth-order valence-electron chi connectivity index (χ4n) is 1.68. The first-order valence-corrected chi connectivity index (χ1v) is 4.99. The third-order valence-electron chi connectivity index (χ3n) is 2.19. The van der Waals surface area contributed by atoms with Gasteiger partial charge in [-0.1, -0.05) is 0 Å². The molecule has 0 aliphatic rings. The van der Waals surface area contributed by atoms with E-state index in [2.05, 4.69) is 11.4 Å². The Morgan fingerprint density at radius 3 is 2.14 bits per heavy atom. The predicted octanol–water partition coefficient (Wildman–Crippen LogP) is 2.08. The zero-order chi connectivity index (χ0) is 11.4. The molecule has 3 nitrogen and oxygen atoms in total. The number of nitrogens with one attached hydrogen (secondary N) is 1. The number of methoxy groups -OCH3 is 1. The quantitative estimate of drug-likeness (QED) is 0.735. The maximum absolute atomic E-state index is 9.12. The highest BCUT2D eigenvalue weighted by molar-refractivity contribution is 5.07. The van der Waals surface area contributed by atoms with Gasteiger partial charge in [0.2, 0.25) is 0 Å². The Labute approximate surface area is 87.4 Å². The maximum Gasteiger partial charge on any atom is 0.106 e. The van der Waals surface area contributed by atoms with E-state index in [1.54, 1.807) is 7.11 Å². The zero-order valence-electron chi connectivity index (χ0n) is 10.1. The average Bonchev–Trinajstić information content (AvgIpc) is 2.02. The van der Waals surface area contributed by atoms with Crippen LogP contribution in [0, 0.1) is 11.3 Å². The second-order valence-corrected chi connectivity index (χ2v) is 4.88. The summed E-state index contributed by atoms with van der Waals surface area (Å²) in [7, 11) is 1.67. The third-order valence-corrected chi connectivity index (χ3v) is 2.19. The average molecular weight is 198 g/mol. The van der Waals surface area contributed by atoms with Gasteiger partial charge < -0.3 is 4.74 Å². The fraction of sp³-hybridized carbons (Fsp3) is 0.909. The van der Waals surface area contributed by atoms with Crippen LogP contribution in [-0.4, -0.2) is 24.3 Å². The minimum Gasteiger partial charge on any atom is -0.379 e. The third kappa shape index (κ3) is 4.59. The van der Waals surface area contributed by atoms with Gasteiger partial charge in [0.05, 0.1) is 11.7 Å². The Hall–Kier alpha value is -0.590. The molecule has 0 aromatic rings. The van der Waals surface area contributed by atoms with Crippen LogP contribution in [0.15, 0.2) is 0 Å². The Balaban J connectivity index is 4.49. The summed E-state index contributed by atoms with van der Waals surface area (Å²) < 4.78 is 5.33. The van der Waals surface area contributed by atoms with Crippen LogP contribution in [0.5, 0.6) is 0 Å². The first-order chi connectivity index (χ1) is 6.24. The number of ether oxygens (including phenoxy) is 1. The standard InChI is InChI=1S/C11H22N2O/c1-9(2)13-11(5,8-12)7-10(3,4)14-6/h9,13H,7H2,1-6H3. The summed E-state index contributed by atoms with van der Waals surface area (Å²) in [6, 6.07) is 2.61. The van der Waals surface area contributed by atoms with E-state index in [-0.39, 0.29) is 5.60 Å². The fourth-order valence-corrected chi connectivity index (χ4v) is 1.68. The molecular weight excluding hydrogens is 176 g/mol. The van der Waals surface area contributed by atoms with Crippen LogP contribution >= 0.6 is 0 Å². The van der Waals surface area contributed by atoms with Gasteiger partial charge in [-0.2, -0.15) is 5.26 Å². The molecule has 0 fully saturated rings. The van der Waals surface area contributed by atoms with E-state index >= 15 is 0 Å². The van der Waals surface area contributed by atoms with Crippen molar-refractivity contribution in [1.82, 2.24) is 5.32 Å². The lowest BCUT2D eigenvalue weighted by Crippen LogP contribution is -2.49. The van der Waals surface area contributed by atoms with Crippen LogP contribution in [0.3, 0.4) is 0 Å². The number of nitriles is 1. The van der Waals surface area contributed by atoms with Crippen LogP contribution < -0.4 is 5.32 Å². The predicted molar refractivity (Wildman–Crippen MR) is 58.0 cm³/mol. The molecule has 3 heteroatoms. The molecule has 0 aliphatic heterocycles. The Kier molecular flexibility index (Phi) is 4.57. The van der Waals surface area contributed by atoms with Crippen LogP contribution in [0.25, 0.3) is 0 Å². The van der Waals surface area contributed by atoms with Crippen molar-refractivity contribution in [1.29, 1.82) is 5.26 Å². The molecule has 0 aliphatic carbocycles. The highest BCUT2D eigenvalue weighted by Crippen LogP contribution is 2.22. The van der Waals surface area contributed by atoms with Crippen LogP contribution in [0.1, 0.15) is 41.0 Å². The molecule has 14 heavy (non-hydrogen) atoms. The van der Waals surface area contributed by atoms with Crippen LogP contribution in [0.4, 0.5) is 0 Å². The minimum atomic E-state index is -0.520. The van der Waals surface area contributed by atoms with Crippen LogP contribution in [-0.2, 0) is 4.74 Å². The molecular formula is C11H22N2O. The summed E-state index contributed by atoms with van der Waals surface area (Å²) in [4.78, 5) is 0. The summed E-state index contributed by atoms with van der Waals surface area (Å²) >= 11 is 0. The summed E-state index contributed by atoms with van der Waals surface area (Å²) in [5.41, 5.74) is -0.792. The monoisotopic (exact) mass is 198 g/mol. The maximum atomic E-state index is 9.12. The molecule has 0 spiro atoms. The highest BCUT2D eigenvalue weighted by Gasteiger charge is 2.32. The molecule has 0 bridgehead atoms. The lowest BCUT2D eigenvalue weighted by molar-refractivity contribution is 0.000312. The van der Waals surface area contributed by atoms with Crippen molar-refractivity contribution in [3.05, 3.63) is 0 Å². The van der Waals surface area contributed by atoms with Gasteiger partial charge in [-0.15, -0.1) is 0 Å². The molecule has 0 aromatic heterocycles. The van der Waals surface area contributed by atoms with Crippen molar-refractivity contribution >= 4 is 0 Å². The molecule has 82 valence electrons. The summed E-state index contributed by atoms with van der Waals surface area (Å²) in [6.45, 7) is 9.97. The minimum absolute atomic E-state index is 0.271. The van der Waals surface area contributed by atoms with Gasteiger partial charge >= 0.3 is 0 Å². The van der Waals surface area contributed by atoms with Crippen molar-refractivity contribution in [2.24, 2.45) is 0 Å². The van der Waals surface area contributed by atoms with Gasteiger partial charge in [-0.05, 0) is 34.6 Å². The van der Waals surface area contributed by atoms with Gasteiger partial charge in [0.25, 0.3) is 0 Å². The molecule has 0 rings (SSSR count).